The Morgan fingerprint density at radius 1 is 1.45 bits per heavy atom. The molecule has 0 aliphatic heterocycles. The molecular weight excluding hydrogens is 142 g/mol. The number of carbonyl (C=O) groups excluding carboxylic acids is 1. The number of ether oxygens (including phenoxy) is 1. The molecule has 0 bridgehead atoms. The van der Waals surface area contributed by atoms with Crippen LogP contribution in [0.1, 0.15) is 10.4 Å². The minimum absolute atomic E-state index is 0.0881. The van der Waals surface area contributed by atoms with E-state index < -0.39 is 0 Å². The predicted molar refractivity (Wildman–Crippen MR) is 41.5 cm³/mol. The van der Waals surface area contributed by atoms with Gasteiger partial charge in [0, 0.05) is 0 Å². The molecule has 0 aromatic heterocycles. The molecule has 0 spiro atoms. The van der Waals surface area contributed by atoms with E-state index in [0.717, 1.165) is 6.29 Å². The van der Waals surface area contributed by atoms with E-state index in [0.29, 0.717) is 11.3 Å². The molecule has 0 aliphatic carbocycles. The number of nitrogens with two attached hydrogens (primary N) is 1. The summed E-state index contributed by atoms with van der Waals surface area (Å²) < 4.78 is 4.97. The van der Waals surface area contributed by atoms with Gasteiger partial charge >= 0.3 is 0 Å². The first kappa shape index (κ1) is 7.75. The average molecular weight is 151 g/mol. The van der Waals surface area contributed by atoms with E-state index in [9.17, 15) is 4.79 Å². The summed E-state index contributed by atoms with van der Waals surface area (Å²) in [4.78, 5) is 10.4. The van der Waals surface area contributed by atoms with Crippen LogP contribution in [0, 0.1) is 0 Å². The first-order valence-electron chi connectivity index (χ1n) is 3.25. The lowest BCUT2D eigenvalue weighted by Gasteiger charge is -2.03. The minimum Gasteiger partial charge on any atom is -0.478 e. The summed E-state index contributed by atoms with van der Waals surface area (Å²) in [6.07, 6.45) is 0.741. The molecule has 3 nitrogen and oxygen atoms in total. The zero-order chi connectivity index (χ0) is 8.10. The second kappa shape index (κ2) is 3.73. The summed E-state index contributed by atoms with van der Waals surface area (Å²) >= 11 is 0. The smallest absolute Gasteiger partial charge is 0.153 e. The van der Waals surface area contributed by atoms with Crippen LogP contribution in [0.2, 0.25) is 0 Å². The zero-order valence-electron chi connectivity index (χ0n) is 5.99. The highest BCUT2D eigenvalue weighted by atomic mass is 16.5. The average Bonchev–Trinajstić information content (AvgIpc) is 2.06. The lowest BCUT2D eigenvalue weighted by Crippen LogP contribution is -2.08. The Hall–Kier alpha value is -1.35. The number of hydrogen-bond donors (Lipinski definition) is 1. The summed E-state index contributed by atoms with van der Waals surface area (Å²) in [7, 11) is 0. The molecule has 0 radical (unpaired) electrons. The van der Waals surface area contributed by atoms with Crippen molar-refractivity contribution in [2.75, 3.05) is 6.73 Å². The van der Waals surface area contributed by atoms with Crippen molar-refractivity contribution in [3.8, 4) is 5.75 Å². The molecule has 0 saturated heterocycles. The van der Waals surface area contributed by atoms with E-state index in [2.05, 4.69) is 0 Å². The molecule has 0 fully saturated rings. The van der Waals surface area contributed by atoms with Crippen molar-refractivity contribution in [1.82, 2.24) is 0 Å². The van der Waals surface area contributed by atoms with Crippen LogP contribution >= 0.6 is 0 Å². The maximum absolute atomic E-state index is 10.4. The van der Waals surface area contributed by atoms with Crippen LogP contribution in [-0.4, -0.2) is 13.0 Å². The highest BCUT2D eigenvalue weighted by Crippen LogP contribution is 2.14. The van der Waals surface area contributed by atoms with Crippen LogP contribution in [0.4, 0.5) is 0 Å². The van der Waals surface area contributed by atoms with Gasteiger partial charge in [0.1, 0.15) is 12.5 Å². The molecule has 3 heteroatoms. The fourth-order valence-corrected chi connectivity index (χ4v) is 0.799. The Morgan fingerprint density at radius 2 is 2.18 bits per heavy atom. The summed E-state index contributed by atoms with van der Waals surface area (Å²) in [5, 5.41) is 0. The summed E-state index contributed by atoms with van der Waals surface area (Å²) in [5.74, 6) is 0.532. The first-order valence-corrected chi connectivity index (χ1v) is 3.25. The number of rotatable bonds is 3. The van der Waals surface area contributed by atoms with Crippen LogP contribution in [0.5, 0.6) is 5.75 Å². The monoisotopic (exact) mass is 151 g/mol. The van der Waals surface area contributed by atoms with Crippen molar-refractivity contribution in [3.63, 3.8) is 0 Å². The second-order valence-corrected chi connectivity index (χ2v) is 1.97. The van der Waals surface area contributed by atoms with E-state index >= 15 is 0 Å². The molecule has 0 atom stereocenters. The molecular formula is C8H9NO2. The maximum Gasteiger partial charge on any atom is 0.153 e. The third kappa shape index (κ3) is 1.78. The normalized spacial score (nSPS) is 9.18. The van der Waals surface area contributed by atoms with Crippen molar-refractivity contribution in [2.24, 2.45) is 5.73 Å². The lowest BCUT2D eigenvalue weighted by atomic mass is 10.2. The summed E-state index contributed by atoms with van der Waals surface area (Å²) in [5.41, 5.74) is 5.67. The van der Waals surface area contributed by atoms with Gasteiger partial charge in [-0.3, -0.25) is 10.5 Å². The SMILES string of the molecule is NCOc1ccccc1C=O. The van der Waals surface area contributed by atoms with Gasteiger partial charge in [0.2, 0.25) is 0 Å². The molecule has 1 rings (SSSR count). The fourth-order valence-electron chi connectivity index (χ4n) is 0.799. The third-order valence-electron chi connectivity index (χ3n) is 1.28. The van der Waals surface area contributed by atoms with Crippen molar-refractivity contribution in [3.05, 3.63) is 29.8 Å². The molecule has 1 aromatic carbocycles. The Bertz CT molecular complexity index is 248. The number of carbonyl (C=O) groups is 1. The van der Waals surface area contributed by atoms with E-state index in [1.54, 1.807) is 24.3 Å². The Kier molecular flexibility index (Phi) is 2.63. The highest BCUT2D eigenvalue weighted by molar-refractivity contribution is 5.79. The third-order valence-corrected chi connectivity index (χ3v) is 1.28. The Labute approximate surface area is 64.8 Å². The van der Waals surface area contributed by atoms with E-state index in [4.69, 9.17) is 10.5 Å². The minimum atomic E-state index is 0.0881. The van der Waals surface area contributed by atoms with E-state index in [-0.39, 0.29) is 6.73 Å². The molecule has 0 amide bonds. The van der Waals surface area contributed by atoms with Gasteiger partial charge in [0.25, 0.3) is 0 Å². The van der Waals surface area contributed by atoms with Gasteiger partial charge in [-0.25, -0.2) is 0 Å². The predicted octanol–water partition coefficient (Wildman–Crippen LogP) is 0.794. The zero-order valence-corrected chi connectivity index (χ0v) is 5.99. The quantitative estimate of drug-likeness (QED) is 0.513. The van der Waals surface area contributed by atoms with Crippen LogP contribution in [0.3, 0.4) is 0 Å². The van der Waals surface area contributed by atoms with Crippen molar-refractivity contribution in [2.45, 2.75) is 0 Å². The number of benzene rings is 1. The van der Waals surface area contributed by atoms with Crippen molar-refractivity contribution >= 4 is 6.29 Å². The van der Waals surface area contributed by atoms with Crippen molar-refractivity contribution in [1.29, 1.82) is 0 Å². The fraction of sp³-hybridized carbons (Fsp3) is 0.125. The molecule has 0 heterocycles. The number of para-hydroxylation sites is 1. The molecule has 0 aliphatic rings. The van der Waals surface area contributed by atoms with Crippen molar-refractivity contribution < 1.29 is 9.53 Å². The first-order chi connectivity index (χ1) is 5.38. The topological polar surface area (TPSA) is 52.3 Å². The van der Waals surface area contributed by atoms with Gasteiger partial charge in [0.15, 0.2) is 6.29 Å². The van der Waals surface area contributed by atoms with Crippen LogP contribution < -0.4 is 10.5 Å². The van der Waals surface area contributed by atoms with Gasteiger partial charge < -0.3 is 4.74 Å². The van der Waals surface area contributed by atoms with Gasteiger partial charge in [-0.05, 0) is 12.1 Å². The van der Waals surface area contributed by atoms with Crippen LogP contribution in [0.15, 0.2) is 24.3 Å². The standard InChI is InChI=1S/C8H9NO2/c9-6-11-8-4-2-1-3-7(8)5-10/h1-5H,6,9H2. The highest BCUT2D eigenvalue weighted by Gasteiger charge is 1.98. The Balaban J connectivity index is 2.92. The van der Waals surface area contributed by atoms with Crippen LogP contribution in [0.25, 0.3) is 0 Å². The molecule has 0 unspecified atom stereocenters. The van der Waals surface area contributed by atoms with Gasteiger partial charge in [-0.2, -0.15) is 0 Å². The van der Waals surface area contributed by atoms with E-state index in [1.165, 1.54) is 0 Å². The molecule has 11 heavy (non-hydrogen) atoms. The molecule has 0 saturated carbocycles. The Morgan fingerprint density at radius 3 is 2.82 bits per heavy atom. The second-order valence-electron chi connectivity index (χ2n) is 1.97. The van der Waals surface area contributed by atoms with Gasteiger partial charge in [-0.15, -0.1) is 0 Å². The largest absolute Gasteiger partial charge is 0.478 e. The summed E-state index contributed by atoms with van der Waals surface area (Å²) in [6, 6.07) is 6.94. The lowest BCUT2D eigenvalue weighted by molar-refractivity contribution is 0.111. The molecule has 1 aromatic rings. The maximum atomic E-state index is 10.4. The van der Waals surface area contributed by atoms with Gasteiger partial charge in [0.05, 0.1) is 5.56 Å². The number of aldehydes is 1. The van der Waals surface area contributed by atoms with Gasteiger partial charge in [-0.1, -0.05) is 12.1 Å². The number of hydrogen-bond acceptors (Lipinski definition) is 3. The molecule has 58 valence electrons. The summed E-state index contributed by atoms with van der Waals surface area (Å²) in [6.45, 7) is 0.0881. The molecule has 2 N–H and O–H groups in total. The van der Waals surface area contributed by atoms with E-state index in [1.807, 2.05) is 0 Å². The van der Waals surface area contributed by atoms with Crippen LogP contribution in [-0.2, 0) is 0 Å².